The maximum Gasteiger partial charge on any atom is 0.196 e. The summed E-state index contributed by atoms with van der Waals surface area (Å²) in [6.07, 6.45) is 4.92. The molecule has 1 aliphatic heterocycles. The molecule has 1 saturated carbocycles. The van der Waals surface area contributed by atoms with Crippen molar-refractivity contribution in [2.75, 3.05) is 11.4 Å². The molecule has 1 heterocycles. The highest BCUT2D eigenvalue weighted by Crippen LogP contribution is 2.44. The molecule has 0 unspecified atom stereocenters. The molecule has 114 valence electrons. The van der Waals surface area contributed by atoms with Gasteiger partial charge in [-0.1, -0.05) is 26.0 Å². The normalized spacial score (nSPS) is 29.2. The molecular formula is C17H24BrN3. The highest BCUT2D eigenvalue weighted by atomic mass is 79.9. The average molecular weight is 350 g/mol. The minimum Gasteiger partial charge on any atom is -0.369 e. The van der Waals surface area contributed by atoms with Crippen LogP contribution in [0.15, 0.2) is 33.7 Å². The Hall–Kier alpha value is -1.03. The van der Waals surface area contributed by atoms with Crippen molar-refractivity contribution in [3.8, 4) is 0 Å². The Bertz CT molecular complexity index is 545. The topological polar surface area (TPSA) is 41.6 Å². The minimum atomic E-state index is 0.0966. The van der Waals surface area contributed by atoms with Gasteiger partial charge in [0.1, 0.15) is 0 Å². The summed E-state index contributed by atoms with van der Waals surface area (Å²) in [7, 11) is 0. The van der Waals surface area contributed by atoms with Gasteiger partial charge in [-0.05, 0) is 65.6 Å². The molecule has 3 nitrogen and oxygen atoms in total. The number of guanidine groups is 1. The lowest BCUT2D eigenvalue weighted by Gasteiger charge is -2.45. The Morgan fingerprint density at radius 3 is 2.57 bits per heavy atom. The molecule has 0 aromatic heterocycles. The summed E-state index contributed by atoms with van der Waals surface area (Å²) in [5.41, 5.74) is 7.48. The lowest BCUT2D eigenvalue weighted by molar-refractivity contribution is 0.206. The Morgan fingerprint density at radius 1 is 1.29 bits per heavy atom. The molecule has 1 spiro atoms. The van der Waals surface area contributed by atoms with E-state index in [-0.39, 0.29) is 5.54 Å². The van der Waals surface area contributed by atoms with Crippen LogP contribution in [0.3, 0.4) is 0 Å². The fourth-order valence-electron chi connectivity index (χ4n) is 3.85. The summed E-state index contributed by atoms with van der Waals surface area (Å²) >= 11 is 3.67. The Morgan fingerprint density at radius 2 is 1.95 bits per heavy atom. The van der Waals surface area contributed by atoms with Gasteiger partial charge in [0.05, 0.1) is 17.8 Å². The molecule has 0 radical (unpaired) electrons. The zero-order valence-corrected chi connectivity index (χ0v) is 14.4. The van der Waals surface area contributed by atoms with Crippen molar-refractivity contribution in [3.63, 3.8) is 0 Å². The van der Waals surface area contributed by atoms with Gasteiger partial charge in [-0.25, -0.2) is 0 Å². The van der Waals surface area contributed by atoms with Gasteiger partial charge in [-0.3, -0.25) is 4.99 Å². The van der Waals surface area contributed by atoms with Crippen LogP contribution in [-0.2, 0) is 0 Å². The molecular weight excluding hydrogens is 326 g/mol. The van der Waals surface area contributed by atoms with E-state index in [1.54, 1.807) is 0 Å². The maximum absolute atomic E-state index is 6.23. The van der Waals surface area contributed by atoms with E-state index < -0.39 is 0 Å². The lowest BCUT2D eigenvalue weighted by Crippen LogP contribution is -2.54. The SMILES string of the molecule is CC(C)C1CCC2(CC1)CN=C(N)N2c1ccccc1Br. The van der Waals surface area contributed by atoms with Gasteiger partial charge in [0, 0.05) is 4.47 Å². The van der Waals surface area contributed by atoms with Crippen molar-refractivity contribution >= 4 is 27.6 Å². The van der Waals surface area contributed by atoms with Crippen LogP contribution in [0.25, 0.3) is 0 Å². The zero-order chi connectivity index (χ0) is 15.0. The van der Waals surface area contributed by atoms with E-state index in [1.165, 1.54) is 25.7 Å². The number of benzene rings is 1. The van der Waals surface area contributed by atoms with E-state index in [4.69, 9.17) is 5.73 Å². The number of halogens is 1. The number of aliphatic imine (C=N–C) groups is 1. The Balaban J connectivity index is 1.88. The van der Waals surface area contributed by atoms with Gasteiger partial charge in [-0.2, -0.15) is 0 Å². The van der Waals surface area contributed by atoms with Crippen LogP contribution in [0.2, 0.25) is 0 Å². The standard InChI is InChI=1S/C17H24BrN3/c1-12(2)13-7-9-17(10-8-13)11-20-16(19)21(17)15-6-4-3-5-14(15)18/h3-6,12-13H,7-11H2,1-2H3,(H2,19,20). The Labute approximate surface area is 135 Å². The number of rotatable bonds is 2. The summed E-state index contributed by atoms with van der Waals surface area (Å²) in [4.78, 5) is 6.87. The molecule has 0 saturated heterocycles. The molecule has 2 N–H and O–H groups in total. The van der Waals surface area contributed by atoms with E-state index >= 15 is 0 Å². The molecule has 3 rings (SSSR count). The maximum atomic E-state index is 6.23. The van der Waals surface area contributed by atoms with Gasteiger partial charge in [0.15, 0.2) is 5.96 Å². The molecule has 21 heavy (non-hydrogen) atoms. The van der Waals surface area contributed by atoms with Crippen molar-refractivity contribution < 1.29 is 0 Å². The molecule has 0 bridgehead atoms. The lowest BCUT2D eigenvalue weighted by atomic mass is 9.72. The number of hydrogen-bond donors (Lipinski definition) is 1. The zero-order valence-electron chi connectivity index (χ0n) is 12.8. The van der Waals surface area contributed by atoms with E-state index in [9.17, 15) is 0 Å². The number of para-hydroxylation sites is 1. The highest BCUT2D eigenvalue weighted by Gasteiger charge is 2.46. The molecule has 2 aliphatic rings. The van der Waals surface area contributed by atoms with Crippen molar-refractivity contribution in [2.45, 2.75) is 45.1 Å². The summed E-state index contributed by atoms with van der Waals surface area (Å²) in [6.45, 7) is 5.52. The third kappa shape index (κ3) is 2.59. The average Bonchev–Trinajstić information content (AvgIpc) is 2.77. The summed E-state index contributed by atoms with van der Waals surface area (Å²) in [5, 5.41) is 0. The van der Waals surface area contributed by atoms with Crippen LogP contribution >= 0.6 is 15.9 Å². The second-order valence-electron chi connectivity index (χ2n) is 6.77. The molecule has 1 fully saturated rings. The first-order chi connectivity index (χ1) is 10.0. The predicted molar refractivity (Wildman–Crippen MR) is 92.6 cm³/mol. The minimum absolute atomic E-state index is 0.0966. The molecule has 1 aromatic carbocycles. The van der Waals surface area contributed by atoms with Crippen LogP contribution in [0, 0.1) is 11.8 Å². The van der Waals surface area contributed by atoms with Crippen molar-refractivity contribution in [1.29, 1.82) is 0 Å². The van der Waals surface area contributed by atoms with E-state index in [0.717, 1.165) is 28.5 Å². The fraction of sp³-hybridized carbons (Fsp3) is 0.588. The second kappa shape index (κ2) is 5.64. The summed E-state index contributed by atoms with van der Waals surface area (Å²) in [5.74, 6) is 2.29. The van der Waals surface area contributed by atoms with E-state index in [2.05, 4.69) is 57.9 Å². The first-order valence-electron chi connectivity index (χ1n) is 7.88. The third-order valence-electron chi connectivity index (χ3n) is 5.24. The molecule has 1 aromatic rings. The van der Waals surface area contributed by atoms with Gasteiger partial charge in [0.2, 0.25) is 0 Å². The highest BCUT2D eigenvalue weighted by molar-refractivity contribution is 9.10. The van der Waals surface area contributed by atoms with Crippen LogP contribution in [-0.4, -0.2) is 18.0 Å². The second-order valence-corrected chi connectivity index (χ2v) is 7.62. The summed E-state index contributed by atoms with van der Waals surface area (Å²) in [6, 6.07) is 8.32. The monoisotopic (exact) mass is 349 g/mol. The first kappa shape index (κ1) is 14.9. The van der Waals surface area contributed by atoms with E-state index in [0.29, 0.717) is 5.96 Å². The van der Waals surface area contributed by atoms with Crippen LogP contribution in [0.4, 0.5) is 5.69 Å². The van der Waals surface area contributed by atoms with E-state index in [1.807, 2.05) is 6.07 Å². The largest absolute Gasteiger partial charge is 0.369 e. The van der Waals surface area contributed by atoms with Crippen LogP contribution in [0.1, 0.15) is 39.5 Å². The number of nitrogens with zero attached hydrogens (tertiary/aromatic N) is 2. The fourth-order valence-corrected chi connectivity index (χ4v) is 4.31. The van der Waals surface area contributed by atoms with Gasteiger partial charge in [0.25, 0.3) is 0 Å². The van der Waals surface area contributed by atoms with Gasteiger partial charge in [-0.15, -0.1) is 0 Å². The van der Waals surface area contributed by atoms with Gasteiger partial charge >= 0.3 is 0 Å². The van der Waals surface area contributed by atoms with Crippen molar-refractivity contribution in [2.24, 2.45) is 22.6 Å². The first-order valence-corrected chi connectivity index (χ1v) is 8.67. The van der Waals surface area contributed by atoms with Crippen LogP contribution in [0.5, 0.6) is 0 Å². The van der Waals surface area contributed by atoms with Crippen LogP contribution < -0.4 is 10.6 Å². The third-order valence-corrected chi connectivity index (χ3v) is 5.91. The van der Waals surface area contributed by atoms with Gasteiger partial charge < -0.3 is 10.6 Å². The summed E-state index contributed by atoms with van der Waals surface area (Å²) < 4.78 is 1.09. The number of anilines is 1. The molecule has 0 atom stereocenters. The molecule has 1 aliphatic carbocycles. The molecule has 4 heteroatoms. The quantitative estimate of drug-likeness (QED) is 0.870. The number of nitrogens with two attached hydrogens (primary N) is 1. The number of hydrogen-bond acceptors (Lipinski definition) is 3. The smallest absolute Gasteiger partial charge is 0.196 e. The Kier molecular flexibility index (Phi) is 4.00. The molecule has 0 amide bonds. The van der Waals surface area contributed by atoms with Crippen molar-refractivity contribution in [3.05, 3.63) is 28.7 Å². The predicted octanol–water partition coefficient (Wildman–Crippen LogP) is 4.17. The van der Waals surface area contributed by atoms with Crippen molar-refractivity contribution in [1.82, 2.24) is 0 Å².